The van der Waals surface area contributed by atoms with Gasteiger partial charge in [-0.1, -0.05) is 23.7 Å². The molecule has 0 atom stereocenters. The highest BCUT2D eigenvalue weighted by atomic mass is 35.5. The van der Waals surface area contributed by atoms with Gasteiger partial charge in [0.25, 0.3) is 0 Å². The smallest absolute Gasteiger partial charge is 0.0633 e. The van der Waals surface area contributed by atoms with Gasteiger partial charge < -0.3 is 15.5 Å². The number of hydrogen-bond donors (Lipinski definition) is 3. The molecule has 4 heteroatoms. The van der Waals surface area contributed by atoms with Crippen LogP contribution in [-0.2, 0) is 6.54 Å². The van der Waals surface area contributed by atoms with E-state index in [1.807, 2.05) is 25.1 Å². The number of aliphatic hydroxyl groups excluding tert-OH is 2. The first-order valence-electron chi connectivity index (χ1n) is 5.22. The molecule has 0 spiro atoms. The Hall–Kier alpha value is -0.610. The Morgan fingerprint density at radius 1 is 1.31 bits per heavy atom. The molecule has 3 N–H and O–H groups in total. The zero-order chi connectivity index (χ0) is 12.2. The number of halogens is 1. The molecule has 1 aromatic rings. The van der Waals surface area contributed by atoms with Gasteiger partial charge in [-0.25, -0.2) is 0 Å². The summed E-state index contributed by atoms with van der Waals surface area (Å²) in [7, 11) is 0. The van der Waals surface area contributed by atoms with Crippen molar-refractivity contribution < 1.29 is 10.2 Å². The first-order chi connectivity index (χ1) is 7.50. The lowest BCUT2D eigenvalue weighted by atomic mass is 10.0. The van der Waals surface area contributed by atoms with Crippen LogP contribution in [0.15, 0.2) is 18.2 Å². The molecule has 0 aliphatic rings. The lowest BCUT2D eigenvalue weighted by molar-refractivity contribution is 0.103. The number of benzene rings is 1. The maximum absolute atomic E-state index is 9.12. The second-order valence-corrected chi connectivity index (χ2v) is 4.72. The lowest BCUT2D eigenvalue weighted by Gasteiger charge is -2.26. The molecule has 1 aromatic carbocycles. The summed E-state index contributed by atoms with van der Waals surface area (Å²) >= 11 is 5.92. The quantitative estimate of drug-likeness (QED) is 0.734. The third-order valence-corrected chi connectivity index (χ3v) is 3.06. The van der Waals surface area contributed by atoms with Crippen LogP contribution in [0.5, 0.6) is 0 Å². The molecule has 0 amide bonds. The molecule has 0 saturated carbocycles. The molecule has 0 bridgehead atoms. The van der Waals surface area contributed by atoms with Gasteiger partial charge in [-0.05, 0) is 31.0 Å². The summed E-state index contributed by atoms with van der Waals surface area (Å²) in [5.74, 6) is 0. The molecule has 0 radical (unpaired) electrons. The molecule has 0 heterocycles. The molecule has 0 saturated heterocycles. The van der Waals surface area contributed by atoms with Crippen molar-refractivity contribution in [2.75, 3.05) is 13.2 Å². The van der Waals surface area contributed by atoms with Gasteiger partial charge in [0.2, 0.25) is 0 Å². The van der Waals surface area contributed by atoms with Crippen LogP contribution in [0.1, 0.15) is 18.1 Å². The Kier molecular flexibility index (Phi) is 4.74. The molecule has 0 unspecified atom stereocenters. The van der Waals surface area contributed by atoms with Crippen LogP contribution >= 0.6 is 11.6 Å². The average molecular weight is 244 g/mol. The SMILES string of the molecule is Cc1cc(CNC(C)(CO)CO)ccc1Cl. The summed E-state index contributed by atoms with van der Waals surface area (Å²) in [6.07, 6.45) is 0. The number of aliphatic hydroxyl groups is 2. The largest absolute Gasteiger partial charge is 0.394 e. The average Bonchev–Trinajstić information content (AvgIpc) is 2.30. The zero-order valence-electron chi connectivity index (χ0n) is 9.63. The molecule has 0 aliphatic heterocycles. The second kappa shape index (κ2) is 5.64. The molecule has 90 valence electrons. The molecular weight excluding hydrogens is 226 g/mol. The van der Waals surface area contributed by atoms with E-state index in [0.717, 1.165) is 16.1 Å². The van der Waals surface area contributed by atoms with Gasteiger partial charge in [0.15, 0.2) is 0 Å². The molecule has 0 aliphatic carbocycles. The van der Waals surface area contributed by atoms with Gasteiger partial charge in [0, 0.05) is 11.6 Å². The van der Waals surface area contributed by atoms with E-state index in [0.29, 0.717) is 6.54 Å². The minimum absolute atomic E-state index is 0.101. The Labute approximate surface area is 101 Å². The first-order valence-corrected chi connectivity index (χ1v) is 5.60. The van der Waals surface area contributed by atoms with E-state index >= 15 is 0 Å². The van der Waals surface area contributed by atoms with Crippen molar-refractivity contribution in [3.8, 4) is 0 Å². The second-order valence-electron chi connectivity index (χ2n) is 4.31. The van der Waals surface area contributed by atoms with Gasteiger partial charge in [-0.3, -0.25) is 0 Å². The maximum Gasteiger partial charge on any atom is 0.0633 e. The molecule has 16 heavy (non-hydrogen) atoms. The van der Waals surface area contributed by atoms with Crippen LogP contribution < -0.4 is 5.32 Å². The topological polar surface area (TPSA) is 52.5 Å². The lowest BCUT2D eigenvalue weighted by Crippen LogP contribution is -2.48. The van der Waals surface area contributed by atoms with Crippen LogP contribution in [0.25, 0.3) is 0 Å². The highest BCUT2D eigenvalue weighted by Gasteiger charge is 2.20. The van der Waals surface area contributed by atoms with Crippen molar-refractivity contribution in [2.45, 2.75) is 25.9 Å². The van der Waals surface area contributed by atoms with E-state index in [2.05, 4.69) is 5.32 Å². The van der Waals surface area contributed by atoms with E-state index in [9.17, 15) is 0 Å². The fourth-order valence-corrected chi connectivity index (χ4v) is 1.41. The number of hydrogen-bond acceptors (Lipinski definition) is 3. The summed E-state index contributed by atoms with van der Waals surface area (Å²) in [6, 6.07) is 5.77. The standard InChI is InChI=1S/C12H18ClNO2/c1-9-5-10(3-4-11(9)13)6-14-12(2,7-15)8-16/h3-5,14-16H,6-8H2,1-2H3. The number of nitrogens with one attached hydrogen (secondary N) is 1. The van der Waals surface area contributed by atoms with E-state index in [1.165, 1.54) is 0 Å². The van der Waals surface area contributed by atoms with Crippen LogP contribution in [0.3, 0.4) is 0 Å². The first kappa shape index (κ1) is 13.5. The minimum Gasteiger partial charge on any atom is -0.394 e. The summed E-state index contributed by atoms with van der Waals surface area (Å²) in [6.45, 7) is 4.11. The zero-order valence-corrected chi connectivity index (χ0v) is 10.4. The van der Waals surface area contributed by atoms with Crippen molar-refractivity contribution in [3.05, 3.63) is 34.3 Å². The van der Waals surface area contributed by atoms with Gasteiger partial charge >= 0.3 is 0 Å². The number of aryl methyl sites for hydroxylation is 1. The molecule has 0 aromatic heterocycles. The van der Waals surface area contributed by atoms with Gasteiger partial charge in [0.1, 0.15) is 0 Å². The highest BCUT2D eigenvalue weighted by molar-refractivity contribution is 6.31. The third kappa shape index (κ3) is 3.46. The third-order valence-electron chi connectivity index (χ3n) is 2.64. The van der Waals surface area contributed by atoms with Gasteiger partial charge in [0.05, 0.1) is 18.8 Å². The summed E-state index contributed by atoms with van der Waals surface area (Å²) < 4.78 is 0. The summed E-state index contributed by atoms with van der Waals surface area (Å²) in [4.78, 5) is 0. The van der Waals surface area contributed by atoms with E-state index < -0.39 is 5.54 Å². The van der Waals surface area contributed by atoms with E-state index in [1.54, 1.807) is 6.92 Å². The Bertz CT molecular complexity index is 351. The van der Waals surface area contributed by atoms with Crippen LogP contribution in [0.2, 0.25) is 5.02 Å². The van der Waals surface area contributed by atoms with Gasteiger partial charge in [-0.2, -0.15) is 0 Å². The van der Waals surface area contributed by atoms with Crippen LogP contribution in [-0.4, -0.2) is 29.0 Å². The number of rotatable bonds is 5. The summed E-state index contributed by atoms with van der Waals surface area (Å²) in [5.41, 5.74) is 1.46. The molecule has 0 fully saturated rings. The fourth-order valence-electron chi connectivity index (χ4n) is 1.29. The molecule has 3 nitrogen and oxygen atoms in total. The molecular formula is C12H18ClNO2. The van der Waals surface area contributed by atoms with Crippen molar-refractivity contribution in [1.29, 1.82) is 0 Å². The van der Waals surface area contributed by atoms with E-state index in [4.69, 9.17) is 21.8 Å². The summed E-state index contributed by atoms with van der Waals surface area (Å²) in [5, 5.41) is 22.1. The van der Waals surface area contributed by atoms with E-state index in [-0.39, 0.29) is 13.2 Å². The predicted molar refractivity (Wildman–Crippen MR) is 65.6 cm³/mol. The normalized spacial score (nSPS) is 11.8. The predicted octanol–water partition coefficient (Wildman–Crippen LogP) is 1.48. The molecule has 1 rings (SSSR count). The van der Waals surface area contributed by atoms with Crippen molar-refractivity contribution in [2.24, 2.45) is 0 Å². The van der Waals surface area contributed by atoms with Gasteiger partial charge in [-0.15, -0.1) is 0 Å². The Balaban J connectivity index is 2.64. The monoisotopic (exact) mass is 243 g/mol. The Morgan fingerprint density at radius 2 is 1.94 bits per heavy atom. The van der Waals surface area contributed by atoms with Crippen molar-refractivity contribution in [1.82, 2.24) is 5.32 Å². The van der Waals surface area contributed by atoms with Crippen LogP contribution in [0.4, 0.5) is 0 Å². The van der Waals surface area contributed by atoms with Crippen molar-refractivity contribution >= 4 is 11.6 Å². The Morgan fingerprint density at radius 3 is 2.44 bits per heavy atom. The highest BCUT2D eigenvalue weighted by Crippen LogP contribution is 2.16. The fraction of sp³-hybridized carbons (Fsp3) is 0.500. The van der Waals surface area contributed by atoms with Crippen molar-refractivity contribution in [3.63, 3.8) is 0 Å². The minimum atomic E-state index is -0.645. The van der Waals surface area contributed by atoms with Crippen LogP contribution in [0, 0.1) is 6.92 Å². The maximum atomic E-state index is 9.12.